The van der Waals surface area contributed by atoms with E-state index in [4.69, 9.17) is 4.74 Å². The third kappa shape index (κ3) is 4.31. The van der Waals surface area contributed by atoms with Crippen LogP contribution in [-0.4, -0.2) is 36.5 Å². The molecule has 0 bridgehead atoms. The van der Waals surface area contributed by atoms with Crippen molar-refractivity contribution in [3.05, 3.63) is 0 Å². The minimum Gasteiger partial charge on any atom is -0.460 e. The Balaban J connectivity index is 2.59. The second-order valence-corrected chi connectivity index (χ2v) is 6.33. The summed E-state index contributed by atoms with van der Waals surface area (Å²) in [7, 11) is 3.53. The number of rotatable bonds is 2. The number of nitrogens with zero attached hydrogens (tertiary/aromatic N) is 1. The number of carbonyl (C=O) groups is 2. The van der Waals surface area contributed by atoms with E-state index in [0.717, 1.165) is 19.3 Å². The summed E-state index contributed by atoms with van der Waals surface area (Å²) in [6.45, 7) is 5.61. The molecule has 0 aromatic rings. The van der Waals surface area contributed by atoms with Crippen LogP contribution < -0.4 is 0 Å². The van der Waals surface area contributed by atoms with Crippen molar-refractivity contribution < 1.29 is 14.3 Å². The van der Waals surface area contributed by atoms with E-state index in [1.165, 1.54) is 0 Å². The summed E-state index contributed by atoms with van der Waals surface area (Å²) in [6, 6.07) is 0. The fraction of sp³-hybridized carbons (Fsp3) is 0.857. The van der Waals surface area contributed by atoms with Gasteiger partial charge in [-0.2, -0.15) is 0 Å². The molecule has 4 nitrogen and oxygen atoms in total. The largest absolute Gasteiger partial charge is 0.460 e. The van der Waals surface area contributed by atoms with Crippen LogP contribution in [0.15, 0.2) is 0 Å². The molecule has 104 valence electrons. The normalized spacial score (nSPS) is 24.5. The summed E-state index contributed by atoms with van der Waals surface area (Å²) in [5.41, 5.74) is -0.449. The lowest BCUT2D eigenvalue weighted by molar-refractivity contribution is -0.162. The number of esters is 1. The van der Waals surface area contributed by atoms with Crippen LogP contribution >= 0.6 is 0 Å². The van der Waals surface area contributed by atoms with Gasteiger partial charge in [0.1, 0.15) is 5.60 Å². The molecule has 0 unspecified atom stereocenters. The van der Waals surface area contributed by atoms with E-state index in [1.54, 1.807) is 19.0 Å². The van der Waals surface area contributed by atoms with E-state index in [2.05, 4.69) is 0 Å². The smallest absolute Gasteiger partial charge is 0.309 e. The SMILES string of the molecule is CN(C)C(=O)[C@H]1CCC[C@H](C(=O)OC(C)(C)C)C1. The van der Waals surface area contributed by atoms with Crippen LogP contribution in [0.4, 0.5) is 0 Å². The minimum absolute atomic E-state index is 0.0220. The number of hydrogen-bond acceptors (Lipinski definition) is 3. The third-order valence-corrected chi connectivity index (χ3v) is 3.20. The van der Waals surface area contributed by atoms with Gasteiger partial charge in [-0.15, -0.1) is 0 Å². The van der Waals surface area contributed by atoms with Crippen molar-refractivity contribution >= 4 is 11.9 Å². The highest BCUT2D eigenvalue weighted by atomic mass is 16.6. The van der Waals surface area contributed by atoms with E-state index in [0.29, 0.717) is 6.42 Å². The number of amides is 1. The number of carbonyl (C=O) groups excluding carboxylic acids is 2. The van der Waals surface area contributed by atoms with Gasteiger partial charge in [0, 0.05) is 20.0 Å². The molecule has 1 aliphatic rings. The summed E-state index contributed by atoms with van der Waals surface area (Å²) in [6.07, 6.45) is 3.28. The van der Waals surface area contributed by atoms with Gasteiger partial charge >= 0.3 is 5.97 Å². The Kier molecular flexibility index (Phi) is 4.77. The van der Waals surface area contributed by atoms with Crippen molar-refractivity contribution in [2.24, 2.45) is 11.8 Å². The van der Waals surface area contributed by atoms with Gasteiger partial charge in [0.05, 0.1) is 5.92 Å². The Bertz CT molecular complexity index is 317. The maximum atomic E-state index is 12.0. The molecule has 0 radical (unpaired) electrons. The van der Waals surface area contributed by atoms with E-state index in [9.17, 15) is 9.59 Å². The molecule has 1 saturated carbocycles. The molecule has 0 aromatic carbocycles. The van der Waals surface area contributed by atoms with E-state index >= 15 is 0 Å². The van der Waals surface area contributed by atoms with Crippen LogP contribution in [0.3, 0.4) is 0 Å². The Labute approximate surface area is 110 Å². The molecule has 0 saturated heterocycles. The molecular formula is C14H25NO3. The van der Waals surface area contributed by atoms with Crippen molar-refractivity contribution in [1.29, 1.82) is 0 Å². The van der Waals surface area contributed by atoms with Crippen molar-refractivity contribution in [1.82, 2.24) is 4.90 Å². The first-order chi connectivity index (χ1) is 8.20. The molecule has 0 aromatic heterocycles. The average Bonchev–Trinajstić information content (AvgIpc) is 2.25. The average molecular weight is 255 g/mol. The zero-order valence-corrected chi connectivity index (χ0v) is 12.2. The lowest BCUT2D eigenvalue weighted by atomic mass is 9.80. The molecular weight excluding hydrogens is 230 g/mol. The van der Waals surface area contributed by atoms with Crippen LogP contribution in [0, 0.1) is 11.8 Å². The Morgan fingerprint density at radius 1 is 1.11 bits per heavy atom. The maximum Gasteiger partial charge on any atom is 0.309 e. The molecule has 0 heterocycles. The lowest BCUT2D eigenvalue weighted by Gasteiger charge is -2.30. The number of hydrogen-bond donors (Lipinski definition) is 0. The van der Waals surface area contributed by atoms with Crippen molar-refractivity contribution in [3.63, 3.8) is 0 Å². The Hall–Kier alpha value is -1.06. The highest BCUT2D eigenvalue weighted by Gasteiger charge is 2.34. The Morgan fingerprint density at radius 3 is 2.17 bits per heavy atom. The van der Waals surface area contributed by atoms with Crippen LogP contribution in [0.2, 0.25) is 0 Å². The van der Waals surface area contributed by atoms with Crippen LogP contribution in [0.1, 0.15) is 46.5 Å². The van der Waals surface area contributed by atoms with E-state index < -0.39 is 5.60 Å². The first-order valence-electron chi connectivity index (χ1n) is 6.64. The first kappa shape index (κ1) is 15.0. The quantitative estimate of drug-likeness (QED) is 0.711. The molecule has 4 heteroatoms. The van der Waals surface area contributed by atoms with Gasteiger partial charge in [0.25, 0.3) is 0 Å². The van der Waals surface area contributed by atoms with Crippen molar-refractivity contribution in [2.75, 3.05) is 14.1 Å². The van der Waals surface area contributed by atoms with E-state index in [-0.39, 0.29) is 23.7 Å². The van der Waals surface area contributed by atoms with Gasteiger partial charge in [-0.25, -0.2) is 0 Å². The highest BCUT2D eigenvalue weighted by Crippen LogP contribution is 2.31. The molecule has 0 spiro atoms. The second kappa shape index (κ2) is 5.72. The van der Waals surface area contributed by atoms with Crippen LogP contribution in [0.5, 0.6) is 0 Å². The molecule has 0 N–H and O–H groups in total. The predicted octanol–water partition coefficient (Wildman–Crippen LogP) is 2.22. The fourth-order valence-electron chi connectivity index (χ4n) is 2.38. The molecule has 2 atom stereocenters. The van der Waals surface area contributed by atoms with Gasteiger partial charge in [0.2, 0.25) is 5.91 Å². The lowest BCUT2D eigenvalue weighted by Crippen LogP contribution is -2.36. The van der Waals surface area contributed by atoms with Gasteiger partial charge in [-0.05, 0) is 40.0 Å². The molecule has 1 rings (SSSR count). The number of ether oxygens (including phenoxy) is 1. The highest BCUT2D eigenvalue weighted by molar-refractivity contribution is 5.80. The molecule has 1 amide bonds. The third-order valence-electron chi connectivity index (χ3n) is 3.20. The van der Waals surface area contributed by atoms with Crippen molar-refractivity contribution in [3.8, 4) is 0 Å². The topological polar surface area (TPSA) is 46.6 Å². The van der Waals surface area contributed by atoms with Crippen LogP contribution in [0.25, 0.3) is 0 Å². The summed E-state index contributed by atoms with van der Waals surface area (Å²) >= 11 is 0. The van der Waals surface area contributed by atoms with E-state index in [1.807, 2.05) is 20.8 Å². The van der Waals surface area contributed by atoms with Crippen molar-refractivity contribution in [2.45, 2.75) is 52.1 Å². The summed E-state index contributed by atoms with van der Waals surface area (Å²) < 4.78 is 5.40. The predicted molar refractivity (Wildman–Crippen MR) is 70.0 cm³/mol. The van der Waals surface area contributed by atoms with Crippen LogP contribution in [-0.2, 0) is 14.3 Å². The second-order valence-electron chi connectivity index (χ2n) is 6.33. The summed E-state index contributed by atoms with van der Waals surface area (Å²) in [5, 5.41) is 0. The molecule has 18 heavy (non-hydrogen) atoms. The fourth-order valence-corrected chi connectivity index (χ4v) is 2.38. The molecule has 1 aliphatic carbocycles. The Morgan fingerprint density at radius 2 is 1.67 bits per heavy atom. The monoisotopic (exact) mass is 255 g/mol. The first-order valence-corrected chi connectivity index (χ1v) is 6.64. The van der Waals surface area contributed by atoms with Gasteiger partial charge < -0.3 is 9.64 Å². The summed E-state index contributed by atoms with van der Waals surface area (Å²) in [4.78, 5) is 25.5. The van der Waals surface area contributed by atoms with Gasteiger partial charge in [-0.3, -0.25) is 9.59 Å². The molecule has 1 fully saturated rings. The summed E-state index contributed by atoms with van der Waals surface area (Å²) in [5.74, 6) is -0.167. The zero-order valence-electron chi connectivity index (χ0n) is 12.2. The van der Waals surface area contributed by atoms with Gasteiger partial charge in [0.15, 0.2) is 0 Å². The zero-order chi connectivity index (χ0) is 13.9. The standard InChI is InChI=1S/C14H25NO3/c1-14(2,3)18-13(17)11-8-6-7-10(9-11)12(16)15(4)5/h10-11H,6-9H2,1-5H3/t10-,11-/m0/s1. The molecule has 0 aliphatic heterocycles. The van der Waals surface area contributed by atoms with Gasteiger partial charge in [-0.1, -0.05) is 6.42 Å². The minimum atomic E-state index is -0.449. The maximum absolute atomic E-state index is 12.0.